The predicted molar refractivity (Wildman–Crippen MR) is 169 cm³/mol. The number of carbonyl (C=O) groups excluding carboxylic acids is 4. The minimum Gasteiger partial charge on any atom is -0.461 e. The van der Waals surface area contributed by atoms with Gasteiger partial charge in [0.15, 0.2) is 0 Å². The molecule has 0 radical (unpaired) electrons. The summed E-state index contributed by atoms with van der Waals surface area (Å²) in [7, 11) is 3.28. The fourth-order valence-electron chi connectivity index (χ4n) is 4.22. The molecule has 0 fully saturated rings. The van der Waals surface area contributed by atoms with Crippen LogP contribution in [0.4, 0.5) is 32.3 Å². The molecular formula is C33H36N4O6. The van der Waals surface area contributed by atoms with Crippen LogP contribution in [0.5, 0.6) is 0 Å². The van der Waals surface area contributed by atoms with Crippen molar-refractivity contribution in [3.63, 3.8) is 0 Å². The Kier molecular flexibility index (Phi) is 11.6. The average molecular weight is 585 g/mol. The zero-order chi connectivity index (χ0) is 31.4. The molecule has 0 aliphatic carbocycles. The Labute approximate surface area is 252 Å². The number of para-hydroxylation sites is 2. The Morgan fingerprint density at radius 1 is 0.651 bits per heavy atom. The van der Waals surface area contributed by atoms with Crippen molar-refractivity contribution in [1.29, 1.82) is 0 Å². The minimum atomic E-state index is -0.576. The van der Waals surface area contributed by atoms with E-state index in [1.165, 1.54) is 19.6 Å². The van der Waals surface area contributed by atoms with Gasteiger partial charge in [0.1, 0.15) is 13.2 Å². The van der Waals surface area contributed by atoms with E-state index >= 15 is 0 Å². The fraction of sp³-hybridized carbons (Fsp3) is 0.212. The van der Waals surface area contributed by atoms with E-state index < -0.39 is 11.9 Å². The molecule has 0 saturated carbocycles. The molecule has 3 rings (SSSR count). The van der Waals surface area contributed by atoms with Crippen molar-refractivity contribution in [2.75, 3.05) is 60.0 Å². The summed E-state index contributed by atoms with van der Waals surface area (Å²) in [6.07, 6.45) is 2.14. The molecule has 10 nitrogen and oxygen atoms in total. The van der Waals surface area contributed by atoms with Gasteiger partial charge in [0.05, 0.1) is 18.8 Å². The van der Waals surface area contributed by atoms with Crippen molar-refractivity contribution in [2.24, 2.45) is 0 Å². The standard InChI is InChI=1S/C33H36N4O6/c1-6-30(38)42-22-20-36(26-14-10-8-11-15-26)32(40)34(4)28-19-18-25(3)29(24-28)35(5)33(41)37(21-23-43-31(39)7-2)27-16-12-9-13-17-27/h6-19,24H,1-2,20-23H2,3-5H3. The molecule has 0 saturated heterocycles. The average Bonchev–Trinajstić information content (AvgIpc) is 3.04. The third-order valence-corrected chi connectivity index (χ3v) is 6.56. The second kappa shape index (κ2) is 15.6. The number of benzene rings is 3. The number of hydrogen-bond acceptors (Lipinski definition) is 6. The van der Waals surface area contributed by atoms with Crippen LogP contribution < -0.4 is 19.6 Å². The zero-order valence-electron chi connectivity index (χ0n) is 24.6. The van der Waals surface area contributed by atoms with Crippen LogP contribution in [0, 0.1) is 6.92 Å². The van der Waals surface area contributed by atoms with Crippen LogP contribution in [0.2, 0.25) is 0 Å². The third-order valence-electron chi connectivity index (χ3n) is 6.56. The number of aryl methyl sites for hydroxylation is 1. The summed E-state index contributed by atoms with van der Waals surface area (Å²) in [4.78, 5) is 56.7. The molecule has 0 unspecified atom stereocenters. The molecule has 0 aromatic heterocycles. The highest BCUT2D eigenvalue weighted by atomic mass is 16.5. The highest BCUT2D eigenvalue weighted by Crippen LogP contribution is 2.28. The summed E-state index contributed by atoms with van der Waals surface area (Å²) in [5, 5.41) is 0. The van der Waals surface area contributed by atoms with Gasteiger partial charge >= 0.3 is 24.0 Å². The van der Waals surface area contributed by atoms with Crippen LogP contribution in [0.25, 0.3) is 0 Å². The largest absolute Gasteiger partial charge is 0.461 e. The van der Waals surface area contributed by atoms with Gasteiger partial charge < -0.3 is 9.47 Å². The smallest absolute Gasteiger partial charge is 0.330 e. The van der Waals surface area contributed by atoms with Crippen molar-refractivity contribution in [1.82, 2.24) is 0 Å². The molecule has 0 aliphatic rings. The molecule has 0 aliphatic heterocycles. The summed E-state index contributed by atoms with van der Waals surface area (Å²) in [6, 6.07) is 22.8. The number of ether oxygens (including phenoxy) is 2. The van der Waals surface area contributed by atoms with Crippen LogP contribution in [0.1, 0.15) is 5.56 Å². The van der Waals surface area contributed by atoms with Crippen LogP contribution in [-0.2, 0) is 19.1 Å². The molecule has 3 aromatic rings. The van der Waals surface area contributed by atoms with Crippen molar-refractivity contribution in [3.8, 4) is 0 Å². The number of anilines is 4. The lowest BCUT2D eigenvalue weighted by molar-refractivity contribution is -0.138. The number of rotatable bonds is 12. The van der Waals surface area contributed by atoms with Gasteiger partial charge in [-0.15, -0.1) is 0 Å². The van der Waals surface area contributed by atoms with Gasteiger partial charge in [-0.05, 0) is 48.9 Å². The minimum absolute atomic E-state index is 0.0207. The normalized spacial score (nSPS) is 10.2. The van der Waals surface area contributed by atoms with Gasteiger partial charge in [0, 0.05) is 43.3 Å². The number of esters is 2. The second-order valence-corrected chi connectivity index (χ2v) is 9.37. The van der Waals surface area contributed by atoms with E-state index in [9.17, 15) is 19.2 Å². The van der Waals surface area contributed by atoms with Crippen molar-refractivity contribution in [3.05, 3.63) is 110 Å². The van der Waals surface area contributed by atoms with Gasteiger partial charge in [0.25, 0.3) is 0 Å². The van der Waals surface area contributed by atoms with Gasteiger partial charge in [-0.25, -0.2) is 19.2 Å². The van der Waals surface area contributed by atoms with Gasteiger partial charge in [-0.3, -0.25) is 19.6 Å². The maximum absolute atomic E-state index is 13.8. The van der Waals surface area contributed by atoms with Gasteiger partial charge in [-0.2, -0.15) is 0 Å². The molecule has 4 amide bonds. The third kappa shape index (κ3) is 8.56. The molecule has 3 aromatic carbocycles. The highest BCUT2D eigenvalue weighted by molar-refractivity contribution is 6.06. The van der Waals surface area contributed by atoms with E-state index in [-0.39, 0.29) is 38.4 Å². The first kappa shape index (κ1) is 32.1. The first-order valence-electron chi connectivity index (χ1n) is 13.6. The van der Waals surface area contributed by atoms with Gasteiger partial charge in [-0.1, -0.05) is 55.6 Å². The molecular weight excluding hydrogens is 548 g/mol. The van der Waals surface area contributed by atoms with E-state index in [1.807, 2.05) is 49.4 Å². The van der Waals surface area contributed by atoms with Crippen LogP contribution >= 0.6 is 0 Å². The van der Waals surface area contributed by atoms with Gasteiger partial charge in [0.2, 0.25) is 0 Å². The lowest BCUT2D eigenvalue weighted by atomic mass is 10.1. The molecule has 0 spiro atoms. The predicted octanol–water partition coefficient (Wildman–Crippen LogP) is 5.58. The topological polar surface area (TPSA) is 99.7 Å². The summed E-state index contributed by atoms with van der Waals surface area (Å²) in [5.74, 6) is -1.15. The maximum Gasteiger partial charge on any atom is 0.330 e. The van der Waals surface area contributed by atoms with Crippen molar-refractivity contribution < 1.29 is 28.7 Å². The Morgan fingerprint density at radius 3 is 1.53 bits per heavy atom. The molecule has 0 heterocycles. The zero-order valence-corrected chi connectivity index (χ0v) is 24.6. The Balaban J connectivity index is 1.87. The van der Waals surface area contributed by atoms with Crippen LogP contribution in [0.3, 0.4) is 0 Å². The number of nitrogens with zero attached hydrogens (tertiary/aromatic N) is 4. The van der Waals surface area contributed by atoms with E-state index in [0.717, 1.165) is 17.7 Å². The Hall–Kier alpha value is -5.38. The molecule has 10 heteroatoms. The Bertz CT molecular complexity index is 1440. The first-order valence-corrected chi connectivity index (χ1v) is 13.6. The van der Waals surface area contributed by atoms with Crippen molar-refractivity contribution >= 4 is 46.8 Å². The second-order valence-electron chi connectivity index (χ2n) is 9.37. The molecule has 0 bridgehead atoms. The lowest BCUT2D eigenvalue weighted by Gasteiger charge is -2.31. The number of urea groups is 2. The fourth-order valence-corrected chi connectivity index (χ4v) is 4.22. The summed E-state index contributed by atoms with van der Waals surface area (Å²) in [5.41, 5.74) is 3.19. The molecule has 0 atom stereocenters. The monoisotopic (exact) mass is 584 g/mol. The SMILES string of the molecule is C=CC(=O)OCCN(C(=O)N(C)c1ccc(C)c(N(C)C(=O)N(CCOC(=O)C=C)c2ccccc2)c1)c1ccccc1. The van der Waals surface area contributed by atoms with E-state index in [2.05, 4.69) is 13.2 Å². The molecule has 43 heavy (non-hydrogen) atoms. The number of hydrogen-bond donors (Lipinski definition) is 0. The molecule has 0 N–H and O–H groups in total. The number of amides is 4. The Morgan fingerprint density at radius 2 is 1.09 bits per heavy atom. The van der Waals surface area contributed by atoms with Crippen molar-refractivity contribution in [2.45, 2.75) is 6.92 Å². The lowest BCUT2D eigenvalue weighted by Crippen LogP contribution is -2.44. The number of carbonyl (C=O) groups is 4. The molecule has 224 valence electrons. The summed E-state index contributed by atoms with van der Waals surface area (Å²) in [6.45, 7) is 8.86. The highest BCUT2D eigenvalue weighted by Gasteiger charge is 2.25. The van der Waals surface area contributed by atoms with Crippen LogP contribution in [0.15, 0.2) is 104 Å². The van der Waals surface area contributed by atoms with E-state index in [1.54, 1.807) is 50.5 Å². The quantitative estimate of drug-likeness (QED) is 0.204. The van der Waals surface area contributed by atoms with E-state index in [4.69, 9.17) is 9.47 Å². The first-order chi connectivity index (χ1) is 20.7. The summed E-state index contributed by atoms with van der Waals surface area (Å²) < 4.78 is 10.3. The van der Waals surface area contributed by atoms with Crippen LogP contribution in [-0.4, -0.2) is 64.4 Å². The van der Waals surface area contributed by atoms with E-state index in [0.29, 0.717) is 22.7 Å². The summed E-state index contributed by atoms with van der Waals surface area (Å²) >= 11 is 0. The maximum atomic E-state index is 13.8.